The molecule has 6 heteroatoms. The lowest BCUT2D eigenvalue weighted by Gasteiger charge is -2.38. The molecule has 0 saturated carbocycles. The zero-order valence-corrected chi connectivity index (χ0v) is 8.02. The molecule has 0 spiro atoms. The summed E-state index contributed by atoms with van der Waals surface area (Å²) >= 11 is 0. The van der Waals surface area contributed by atoms with E-state index in [1.807, 2.05) is 0 Å². The zero-order valence-electron chi connectivity index (χ0n) is 8.02. The van der Waals surface area contributed by atoms with E-state index in [9.17, 15) is 18.0 Å². The maximum Gasteiger partial charge on any atom is 0.471 e. The van der Waals surface area contributed by atoms with E-state index in [2.05, 4.69) is 0 Å². The Labute approximate surface area is 79.8 Å². The van der Waals surface area contributed by atoms with E-state index in [4.69, 9.17) is 4.74 Å². The molecule has 1 fully saturated rings. The van der Waals surface area contributed by atoms with Gasteiger partial charge in [0, 0.05) is 13.1 Å². The number of alkyl halides is 3. The van der Waals surface area contributed by atoms with E-state index >= 15 is 0 Å². The molecule has 1 heterocycles. The lowest BCUT2D eigenvalue weighted by Crippen LogP contribution is -2.53. The van der Waals surface area contributed by atoms with Gasteiger partial charge in [-0.15, -0.1) is 0 Å². The second-order valence-corrected chi connectivity index (χ2v) is 3.83. The Morgan fingerprint density at radius 3 is 2.43 bits per heavy atom. The topological polar surface area (TPSA) is 29.5 Å². The van der Waals surface area contributed by atoms with Crippen molar-refractivity contribution in [3.05, 3.63) is 0 Å². The number of amides is 1. The fourth-order valence-corrected chi connectivity index (χ4v) is 1.37. The molecular weight excluding hydrogens is 199 g/mol. The van der Waals surface area contributed by atoms with Crippen molar-refractivity contribution in [2.75, 3.05) is 19.7 Å². The van der Waals surface area contributed by atoms with Crippen molar-refractivity contribution in [3.8, 4) is 0 Å². The average molecular weight is 211 g/mol. The van der Waals surface area contributed by atoms with Crippen LogP contribution in [-0.4, -0.2) is 42.3 Å². The van der Waals surface area contributed by atoms with Crippen LogP contribution >= 0.6 is 0 Å². The fourth-order valence-electron chi connectivity index (χ4n) is 1.37. The molecule has 1 amide bonds. The van der Waals surface area contributed by atoms with E-state index in [1.165, 1.54) is 0 Å². The molecule has 14 heavy (non-hydrogen) atoms. The van der Waals surface area contributed by atoms with Gasteiger partial charge in [-0.3, -0.25) is 4.79 Å². The Morgan fingerprint density at radius 1 is 1.43 bits per heavy atom. The summed E-state index contributed by atoms with van der Waals surface area (Å²) in [6, 6.07) is 0. The van der Waals surface area contributed by atoms with Crippen LogP contribution in [0.4, 0.5) is 13.2 Å². The minimum atomic E-state index is -4.78. The van der Waals surface area contributed by atoms with E-state index < -0.39 is 17.7 Å². The van der Waals surface area contributed by atoms with Crippen molar-refractivity contribution < 1.29 is 22.7 Å². The highest BCUT2D eigenvalue weighted by atomic mass is 19.4. The van der Waals surface area contributed by atoms with Gasteiger partial charge in [-0.05, 0) is 13.8 Å². The summed E-state index contributed by atoms with van der Waals surface area (Å²) in [5, 5.41) is 0. The molecule has 82 valence electrons. The summed E-state index contributed by atoms with van der Waals surface area (Å²) in [6.07, 6.45) is -4.78. The molecule has 1 aliphatic heterocycles. The van der Waals surface area contributed by atoms with Gasteiger partial charge in [0.2, 0.25) is 0 Å². The zero-order chi connectivity index (χ0) is 11.0. The maximum absolute atomic E-state index is 12.1. The van der Waals surface area contributed by atoms with Crippen LogP contribution in [0.15, 0.2) is 0 Å². The lowest BCUT2D eigenvalue weighted by molar-refractivity contribution is -0.195. The Morgan fingerprint density at radius 2 is 2.00 bits per heavy atom. The van der Waals surface area contributed by atoms with Crippen LogP contribution in [-0.2, 0) is 9.53 Å². The van der Waals surface area contributed by atoms with E-state index in [0.29, 0.717) is 0 Å². The molecule has 1 saturated heterocycles. The molecule has 0 N–H and O–H groups in total. The van der Waals surface area contributed by atoms with Gasteiger partial charge in [-0.2, -0.15) is 13.2 Å². The third-order valence-electron chi connectivity index (χ3n) is 1.96. The van der Waals surface area contributed by atoms with Crippen LogP contribution in [0.1, 0.15) is 13.8 Å². The van der Waals surface area contributed by atoms with Crippen molar-refractivity contribution in [2.24, 2.45) is 0 Å². The monoisotopic (exact) mass is 211 g/mol. The van der Waals surface area contributed by atoms with Crippen LogP contribution in [0.3, 0.4) is 0 Å². The number of carbonyl (C=O) groups is 1. The number of hydrogen-bond acceptors (Lipinski definition) is 2. The second kappa shape index (κ2) is 3.42. The first kappa shape index (κ1) is 11.3. The quantitative estimate of drug-likeness (QED) is 0.602. The van der Waals surface area contributed by atoms with Gasteiger partial charge >= 0.3 is 12.1 Å². The average Bonchev–Trinajstić information content (AvgIpc) is 1.99. The summed E-state index contributed by atoms with van der Waals surface area (Å²) in [5.41, 5.74) is -0.695. The van der Waals surface area contributed by atoms with Crippen molar-refractivity contribution in [3.63, 3.8) is 0 Å². The van der Waals surface area contributed by atoms with Crippen LogP contribution < -0.4 is 0 Å². The fraction of sp³-hybridized carbons (Fsp3) is 0.875. The summed E-state index contributed by atoms with van der Waals surface area (Å²) in [7, 11) is 0. The maximum atomic E-state index is 12.1. The first-order valence-corrected chi connectivity index (χ1v) is 4.22. The van der Waals surface area contributed by atoms with Gasteiger partial charge in [-0.25, -0.2) is 0 Å². The first-order chi connectivity index (χ1) is 6.22. The standard InChI is InChI=1S/C8H12F3NO2/c1-7(2)5-12(3-4-14-7)6(13)8(9,10)11/h3-5H2,1-2H3. The van der Waals surface area contributed by atoms with E-state index in [1.54, 1.807) is 13.8 Å². The number of ether oxygens (including phenoxy) is 1. The van der Waals surface area contributed by atoms with Crippen LogP contribution in [0.5, 0.6) is 0 Å². The predicted molar refractivity (Wildman–Crippen MR) is 42.7 cm³/mol. The summed E-state index contributed by atoms with van der Waals surface area (Å²) < 4.78 is 41.4. The third kappa shape index (κ3) is 2.60. The Hall–Kier alpha value is -0.780. The lowest BCUT2D eigenvalue weighted by atomic mass is 10.1. The van der Waals surface area contributed by atoms with E-state index in [0.717, 1.165) is 4.90 Å². The number of carbonyl (C=O) groups excluding carboxylic acids is 1. The van der Waals surface area contributed by atoms with Crippen molar-refractivity contribution >= 4 is 5.91 Å². The highest BCUT2D eigenvalue weighted by molar-refractivity contribution is 5.82. The molecule has 0 bridgehead atoms. The number of rotatable bonds is 0. The predicted octanol–water partition coefficient (Wildman–Crippen LogP) is 1.19. The Balaban J connectivity index is 2.66. The molecule has 0 atom stereocenters. The second-order valence-electron chi connectivity index (χ2n) is 3.83. The van der Waals surface area contributed by atoms with Crippen LogP contribution in [0.2, 0.25) is 0 Å². The minimum absolute atomic E-state index is 0.00176. The Bertz CT molecular complexity index is 237. The highest BCUT2D eigenvalue weighted by Crippen LogP contribution is 2.23. The molecule has 3 nitrogen and oxygen atoms in total. The molecule has 0 radical (unpaired) electrons. The Kier molecular flexibility index (Phi) is 2.76. The molecule has 0 aromatic carbocycles. The van der Waals surface area contributed by atoms with E-state index in [-0.39, 0.29) is 19.7 Å². The smallest absolute Gasteiger partial charge is 0.372 e. The molecule has 1 aliphatic rings. The highest BCUT2D eigenvalue weighted by Gasteiger charge is 2.44. The normalized spacial score (nSPS) is 22.2. The van der Waals surface area contributed by atoms with Gasteiger partial charge in [0.1, 0.15) is 0 Å². The first-order valence-electron chi connectivity index (χ1n) is 4.22. The molecule has 0 aromatic heterocycles. The minimum Gasteiger partial charge on any atom is -0.372 e. The summed E-state index contributed by atoms with van der Waals surface area (Å²) in [4.78, 5) is 11.6. The van der Waals surface area contributed by atoms with Crippen LogP contribution in [0.25, 0.3) is 0 Å². The van der Waals surface area contributed by atoms with Gasteiger partial charge in [0.15, 0.2) is 0 Å². The summed E-state index contributed by atoms with van der Waals surface area (Å²) in [5.74, 6) is -1.78. The van der Waals surface area contributed by atoms with Gasteiger partial charge in [0.05, 0.1) is 12.2 Å². The van der Waals surface area contributed by atoms with Gasteiger partial charge in [-0.1, -0.05) is 0 Å². The number of nitrogens with zero attached hydrogens (tertiary/aromatic N) is 1. The van der Waals surface area contributed by atoms with Gasteiger partial charge < -0.3 is 9.64 Å². The molecule has 1 rings (SSSR count). The van der Waals surface area contributed by atoms with Crippen molar-refractivity contribution in [1.82, 2.24) is 4.90 Å². The molecule has 0 unspecified atom stereocenters. The summed E-state index contributed by atoms with van der Waals surface area (Å²) in [6.45, 7) is 3.44. The number of morpholine rings is 1. The third-order valence-corrected chi connectivity index (χ3v) is 1.96. The van der Waals surface area contributed by atoms with Crippen molar-refractivity contribution in [2.45, 2.75) is 25.6 Å². The van der Waals surface area contributed by atoms with Crippen molar-refractivity contribution in [1.29, 1.82) is 0 Å². The number of halogens is 3. The largest absolute Gasteiger partial charge is 0.471 e. The number of hydrogen-bond donors (Lipinski definition) is 0. The van der Waals surface area contributed by atoms with Crippen LogP contribution in [0, 0.1) is 0 Å². The molecule has 0 aliphatic carbocycles. The SMILES string of the molecule is CC1(C)CN(C(=O)C(F)(F)F)CCO1. The van der Waals surface area contributed by atoms with Gasteiger partial charge in [0.25, 0.3) is 0 Å². The molecule has 0 aromatic rings. The molecular formula is C8H12F3NO2.